The van der Waals surface area contributed by atoms with E-state index in [-0.39, 0.29) is 29.7 Å². The van der Waals surface area contributed by atoms with Crippen LogP contribution >= 0.6 is 0 Å². The summed E-state index contributed by atoms with van der Waals surface area (Å²) in [5, 5.41) is 0. The van der Waals surface area contributed by atoms with Crippen molar-refractivity contribution in [2.24, 2.45) is 11.8 Å². The van der Waals surface area contributed by atoms with Gasteiger partial charge in [0.2, 0.25) is 21.8 Å². The Morgan fingerprint density at radius 1 is 0.848 bits per heavy atom. The Labute approximate surface area is 197 Å². The fraction of sp³-hybridized carbons (Fsp3) is 0.680. The van der Waals surface area contributed by atoms with Crippen LogP contribution in [0.15, 0.2) is 23.1 Å². The minimum absolute atomic E-state index is 0.0580. The molecule has 2 saturated heterocycles. The van der Waals surface area contributed by atoms with E-state index < -0.39 is 10.0 Å². The molecule has 4 aliphatic rings. The Morgan fingerprint density at radius 2 is 1.52 bits per heavy atom. The lowest BCUT2D eigenvalue weighted by Crippen LogP contribution is -2.45. The van der Waals surface area contributed by atoms with Crippen molar-refractivity contribution < 1.29 is 18.0 Å². The van der Waals surface area contributed by atoms with Crippen LogP contribution in [0.5, 0.6) is 0 Å². The number of piperidine rings is 2. The maximum absolute atomic E-state index is 13.4. The van der Waals surface area contributed by atoms with Crippen molar-refractivity contribution in [1.82, 2.24) is 9.21 Å². The van der Waals surface area contributed by atoms with Crippen LogP contribution in [0.2, 0.25) is 0 Å². The summed E-state index contributed by atoms with van der Waals surface area (Å²) in [6.45, 7) is 4.48. The Kier molecular flexibility index (Phi) is 6.25. The predicted molar refractivity (Wildman–Crippen MR) is 126 cm³/mol. The molecule has 7 nitrogen and oxygen atoms in total. The molecule has 0 unspecified atom stereocenters. The number of nitrogens with zero attached hydrogens (tertiary/aromatic N) is 3. The number of hydrogen-bond acceptors (Lipinski definition) is 4. The molecule has 1 atom stereocenters. The summed E-state index contributed by atoms with van der Waals surface area (Å²) < 4.78 is 28.3. The Morgan fingerprint density at radius 3 is 2.15 bits per heavy atom. The molecular weight excluding hydrogens is 438 g/mol. The fourth-order valence-corrected chi connectivity index (χ4v) is 7.34. The van der Waals surface area contributed by atoms with Crippen molar-refractivity contribution in [3.63, 3.8) is 0 Å². The van der Waals surface area contributed by atoms with E-state index in [4.69, 9.17) is 0 Å². The smallest absolute Gasteiger partial charge is 0.243 e. The molecule has 1 aliphatic carbocycles. The first-order valence-electron chi connectivity index (χ1n) is 12.6. The first kappa shape index (κ1) is 22.8. The van der Waals surface area contributed by atoms with Crippen molar-refractivity contribution in [2.75, 3.05) is 31.1 Å². The molecule has 5 rings (SSSR count). The number of hydrogen-bond donors (Lipinski definition) is 0. The van der Waals surface area contributed by atoms with E-state index in [1.807, 2.05) is 22.8 Å². The van der Waals surface area contributed by atoms with Gasteiger partial charge in [-0.05, 0) is 82.1 Å². The first-order chi connectivity index (χ1) is 15.9. The zero-order valence-electron chi connectivity index (χ0n) is 19.5. The van der Waals surface area contributed by atoms with Crippen LogP contribution in [0.3, 0.4) is 0 Å². The summed E-state index contributed by atoms with van der Waals surface area (Å²) >= 11 is 0. The molecular formula is C25H35N3O4S. The molecule has 0 bridgehead atoms. The SMILES string of the molecule is C[C@@H]1Cc2cc(S(=O)(=O)N3CCC(C(=O)N4CCCCC4)CC3)ccc2N1C(=O)C1CCC1. The van der Waals surface area contributed by atoms with Gasteiger partial charge in [-0.25, -0.2) is 8.42 Å². The Hall–Kier alpha value is -1.93. The monoisotopic (exact) mass is 473 g/mol. The standard InChI is InChI=1S/C25H35N3O4S/c1-18-16-21-17-22(8-9-23(21)28(18)25(30)19-6-5-7-19)33(31,32)27-14-10-20(11-15-27)24(29)26-12-3-2-4-13-26/h8-9,17-20H,2-7,10-16H2,1H3/t18-/m1/s1. The van der Waals surface area contributed by atoms with E-state index in [0.717, 1.165) is 56.4 Å². The molecule has 2 amide bonds. The number of amides is 2. The zero-order valence-corrected chi connectivity index (χ0v) is 20.4. The van der Waals surface area contributed by atoms with Gasteiger partial charge in [-0.1, -0.05) is 6.42 Å². The molecule has 3 aliphatic heterocycles. The molecule has 0 spiro atoms. The van der Waals surface area contributed by atoms with Gasteiger partial charge >= 0.3 is 0 Å². The summed E-state index contributed by atoms with van der Waals surface area (Å²) in [6, 6.07) is 5.29. The number of anilines is 1. The van der Waals surface area contributed by atoms with Crippen molar-refractivity contribution in [3.05, 3.63) is 23.8 Å². The van der Waals surface area contributed by atoms with Gasteiger partial charge in [0.05, 0.1) is 4.90 Å². The van der Waals surface area contributed by atoms with Crippen molar-refractivity contribution in [3.8, 4) is 0 Å². The van der Waals surface area contributed by atoms with Gasteiger partial charge in [-0.3, -0.25) is 9.59 Å². The van der Waals surface area contributed by atoms with Crippen LogP contribution in [0.4, 0.5) is 5.69 Å². The van der Waals surface area contributed by atoms with Crippen LogP contribution in [-0.2, 0) is 26.0 Å². The van der Waals surface area contributed by atoms with Crippen molar-refractivity contribution in [2.45, 2.75) is 75.6 Å². The highest BCUT2D eigenvalue weighted by Gasteiger charge is 2.39. The molecule has 1 saturated carbocycles. The van der Waals surface area contributed by atoms with Crippen molar-refractivity contribution >= 4 is 27.5 Å². The van der Waals surface area contributed by atoms with Gasteiger partial charge in [-0.2, -0.15) is 4.31 Å². The number of benzene rings is 1. The van der Waals surface area contributed by atoms with Crippen LogP contribution in [0, 0.1) is 11.8 Å². The second-order valence-electron chi connectivity index (χ2n) is 10.2. The lowest BCUT2D eigenvalue weighted by atomic mass is 9.84. The fourth-order valence-electron chi connectivity index (χ4n) is 5.82. The van der Waals surface area contributed by atoms with E-state index in [9.17, 15) is 18.0 Å². The number of carbonyl (C=O) groups excluding carboxylic acids is 2. The predicted octanol–water partition coefficient (Wildman–Crippen LogP) is 3.18. The summed E-state index contributed by atoms with van der Waals surface area (Å²) in [5.41, 5.74) is 1.80. The van der Waals surface area contributed by atoms with Crippen molar-refractivity contribution in [1.29, 1.82) is 0 Å². The molecule has 3 heterocycles. The van der Waals surface area contributed by atoms with Gasteiger partial charge in [0.1, 0.15) is 0 Å². The van der Waals surface area contributed by atoms with E-state index in [1.165, 1.54) is 10.7 Å². The second kappa shape index (κ2) is 9.02. The normalized spacial score (nSPS) is 25.1. The maximum atomic E-state index is 13.4. The van der Waals surface area contributed by atoms with Crippen LogP contribution < -0.4 is 4.90 Å². The van der Waals surface area contributed by atoms with Gasteiger partial charge < -0.3 is 9.80 Å². The summed E-state index contributed by atoms with van der Waals surface area (Å²) in [7, 11) is -3.62. The zero-order chi connectivity index (χ0) is 23.2. The molecule has 0 N–H and O–H groups in total. The van der Waals surface area contributed by atoms with Crippen LogP contribution in [0.25, 0.3) is 0 Å². The highest BCUT2D eigenvalue weighted by molar-refractivity contribution is 7.89. The maximum Gasteiger partial charge on any atom is 0.243 e. The number of rotatable bonds is 4. The lowest BCUT2D eigenvalue weighted by molar-refractivity contribution is -0.137. The summed E-state index contributed by atoms with van der Waals surface area (Å²) in [5.74, 6) is 0.440. The molecule has 1 aromatic rings. The molecule has 33 heavy (non-hydrogen) atoms. The summed E-state index contributed by atoms with van der Waals surface area (Å²) in [6.07, 6.45) is 8.21. The highest BCUT2D eigenvalue weighted by atomic mass is 32.2. The Bertz CT molecular complexity index is 1020. The second-order valence-corrected chi connectivity index (χ2v) is 12.2. The first-order valence-corrected chi connectivity index (χ1v) is 14.0. The minimum Gasteiger partial charge on any atom is -0.342 e. The quantitative estimate of drug-likeness (QED) is 0.673. The van der Waals surface area contributed by atoms with E-state index in [0.29, 0.717) is 37.2 Å². The third-order valence-electron chi connectivity index (χ3n) is 8.07. The molecule has 3 fully saturated rings. The van der Waals surface area contributed by atoms with E-state index in [1.54, 1.807) is 12.1 Å². The minimum atomic E-state index is -3.62. The highest BCUT2D eigenvalue weighted by Crippen LogP contribution is 2.39. The molecule has 0 aromatic heterocycles. The van der Waals surface area contributed by atoms with E-state index >= 15 is 0 Å². The van der Waals surface area contributed by atoms with Gasteiger partial charge in [0.25, 0.3) is 0 Å². The number of likely N-dealkylation sites (tertiary alicyclic amines) is 1. The molecule has 180 valence electrons. The Balaban J connectivity index is 1.27. The topological polar surface area (TPSA) is 78.0 Å². The summed E-state index contributed by atoms with van der Waals surface area (Å²) in [4.78, 5) is 29.9. The largest absolute Gasteiger partial charge is 0.342 e. The number of carbonyl (C=O) groups is 2. The third-order valence-corrected chi connectivity index (χ3v) is 9.96. The number of fused-ring (bicyclic) bond motifs is 1. The van der Waals surface area contributed by atoms with Gasteiger partial charge in [0.15, 0.2) is 0 Å². The average molecular weight is 474 g/mol. The lowest BCUT2D eigenvalue weighted by Gasteiger charge is -2.35. The number of sulfonamides is 1. The van der Waals surface area contributed by atoms with Gasteiger partial charge in [-0.15, -0.1) is 0 Å². The molecule has 1 aromatic carbocycles. The van der Waals surface area contributed by atoms with Crippen LogP contribution in [-0.4, -0.2) is 61.7 Å². The van der Waals surface area contributed by atoms with Crippen LogP contribution in [0.1, 0.15) is 63.9 Å². The average Bonchev–Trinajstić information content (AvgIpc) is 3.13. The molecule has 0 radical (unpaired) electrons. The molecule has 8 heteroatoms. The third kappa shape index (κ3) is 4.20. The van der Waals surface area contributed by atoms with Gasteiger partial charge in [0, 0.05) is 49.7 Å². The van der Waals surface area contributed by atoms with E-state index in [2.05, 4.69) is 0 Å².